The first-order valence-corrected chi connectivity index (χ1v) is 10.0. The lowest BCUT2D eigenvalue weighted by molar-refractivity contribution is -0.121. The van der Waals surface area contributed by atoms with E-state index in [1.807, 2.05) is 54.6 Å². The highest BCUT2D eigenvalue weighted by atomic mass is 79.9. The van der Waals surface area contributed by atoms with Gasteiger partial charge in [0.05, 0.1) is 0 Å². The predicted octanol–water partition coefficient (Wildman–Crippen LogP) is 3.75. The van der Waals surface area contributed by atoms with Crippen LogP contribution >= 0.6 is 15.9 Å². The number of benzene rings is 2. The number of carbonyl (C=O) groups excluding carboxylic acids is 2. The van der Waals surface area contributed by atoms with Gasteiger partial charge in [0.1, 0.15) is 6.04 Å². The summed E-state index contributed by atoms with van der Waals surface area (Å²) in [5.41, 5.74) is 2.91. The fourth-order valence-corrected chi connectivity index (χ4v) is 3.83. The van der Waals surface area contributed by atoms with E-state index in [2.05, 4.69) is 37.4 Å². The quantitative estimate of drug-likeness (QED) is 0.615. The number of nitrogens with zero attached hydrogens (tertiary/aromatic N) is 4. The van der Waals surface area contributed by atoms with Gasteiger partial charge in [-0.25, -0.2) is 9.58 Å². The molecular weight excluding hydrogens is 434 g/mol. The number of hydrogen-bond donors (Lipinski definition) is 1. The minimum Gasteiger partial charge on any atom is -0.324 e. The zero-order chi connectivity index (χ0) is 20.0. The number of fused-ring (bicyclic) bond motifs is 1. The number of halogens is 1. The van der Waals surface area contributed by atoms with Gasteiger partial charge in [-0.1, -0.05) is 58.4 Å². The Bertz CT molecular complexity index is 1120. The van der Waals surface area contributed by atoms with Gasteiger partial charge in [-0.2, -0.15) is 4.98 Å². The molecule has 0 saturated carbocycles. The van der Waals surface area contributed by atoms with Crippen molar-refractivity contribution in [1.29, 1.82) is 0 Å². The fourth-order valence-electron chi connectivity index (χ4n) is 3.56. The SMILES string of the molecule is O=C1CCC(=O)N1c1nc2n(n1)[C@H](c1ccccc1)C=C(c1ccc(Br)cc1)N2. The summed E-state index contributed by atoms with van der Waals surface area (Å²) >= 11 is 3.46. The molecule has 2 amide bonds. The molecule has 3 heterocycles. The van der Waals surface area contributed by atoms with Crippen LogP contribution < -0.4 is 10.2 Å². The third-order valence-corrected chi connectivity index (χ3v) is 5.53. The minimum atomic E-state index is -0.268. The summed E-state index contributed by atoms with van der Waals surface area (Å²) in [6.07, 6.45) is 2.46. The topological polar surface area (TPSA) is 80.1 Å². The molecule has 8 heteroatoms. The van der Waals surface area contributed by atoms with Gasteiger partial charge in [-0.3, -0.25) is 9.59 Å². The van der Waals surface area contributed by atoms with Gasteiger partial charge in [0.15, 0.2) is 0 Å². The zero-order valence-electron chi connectivity index (χ0n) is 15.2. The van der Waals surface area contributed by atoms with Crippen LogP contribution in [0, 0.1) is 0 Å². The molecule has 1 atom stereocenters. The van der Waals surface area contributed by atoms with Crippen molar-refractivity contribution in [2.24, 2.45) is 0 Å². The summed E-state index contributed by atoms with van der Waals surface area (Å²) in [7, 11) is 0. The number of aromatic nitrogens is 3. The van der Waals surface area contributed by atoms with Crippen LogP contribution in [0.1, 0.15) is 30.0 Å². The van der Waals surface area contributed by atoms with Crippen molar-refractivity contribution in [3.05, 3.63) is 76.3 Å². The van der Waals surface area contributed by atoms with Crippen LogP contribution in [0.2, 0.25) is 0 Å². The summed E-state index contributed by atoms with van der Waals surface area (Å²) in [6.45, 7) is 0. The van der Waals surface area contributed by atoms with Crippen molar-refractivity contribution >= 4 is 45.3 Å². The average Bonchev–Trinajstić information content (AvgIpc) is 3.30. The smallest absolute Gasteiger partial charge is 0.260 e. The zero-order valence-corrected chi connectivity index (χ0v) is 16.8. The third kappa shape index (κ3) is 3.15. The van der Waals surface area contributed by atoms with E-state index in [1.54, 1.807) is 4.68 Å². The molecule has 144 valence electrons. The molecule has 0 bridgehead atoms. The molecule has 1 fully saturated rings. The van der Waals surface area contributed by atoms with Crippen LogP contribution in [-0.4, -0.2) is 26.6 Å². The highest BCUT2D eigenvalue weighted by Gasteiger charge is 2.35. The van der Waals surface area contributed by atoms with Gasteiger partial charge in [0.2, 0.25) is 17.8 Å². The third-order valence-electron chi connectivity index (χ3n) is 5.00. The Labute approximate surface area is 175 Å². The summed E-state index contributed by atoms with van der Waals surface area (Å²) in [4.78, 5) is 29.8. The summed E-state index contributed by atoms with van der Waals surface area (Å²) < 4.78 is 2.71. The van der Waals surface area contributed by atoms with Gasteiger partial charge in [-0.15, -0.1) is 5.10 Å². The molecule has 5 rings (SSSR count). The number of hydrogen-bond acceptors (Lipinski definition) is 5. The van der Waals surface area contributed by atoms with Gasteiger partial charge in [0, 0.05) is 23.0 Å². The minimum absolute atomic E-state index is 0.117. The molecule has 2 aliphatic heterocycles. The maximum atomic E-state index is 12.1. The molecule has 7 nitrogen and oxygen atoms in total. The summed E-state index contributed by atoms with van der Waals surface area (Å²) in [6, 6.07) is 17.7. The van der Waals surface area contributed by atoms with Crippen molar-refractivity contribution in [2.45, 2.75) is 18.9 Å². The molecule has 1 N–H and O–H groups in total. The first kappa shape index (κ1) is 17.8. The van der Waals surface area contributed by atoms with E-state index >= 15 is 0 Å². The van der Waals surface area contributed by atoms with E-state index in [0.29, 0.717) is 5.95 Å². The molecule has 3 aromatic rings. The first-order chi connectivity index (χ1) is 14.1. The summed E-state index contributed by atoms with van der Waals surface area (Å²) in [5.74, 6) is 0.0683. The van der Waals surface area contributed by atoms with Crippen LogP contribution in [0.25, 0.3) is 5.70 Å². The standard InChI is InChI=1S/C21H16BrN5O2/c22-15-8-6-13(7-9-15)16-12-17(14-4-2-1-3-5-14)27-20(23-16)24-21(25-27)26-18(28)10-11-19(26)29/h1-9,12,17H,10-11H2,(H,23,24,25)/t17-/m0/s1. The van der Waals surface area contributed by atoms with Gasteiger partial charge in [-0.05, 0) is 29.3 Å². The van der Waals surface area contributed by atoms with E-state index in [1.165, 1.54) is 0 Å². The second kappa shape index (κ2) is 6.97. The van der Waals surface area contributed by atoms with Crippen molar-refractivity contribution < 1.29 is 9.59 Å². The van der Waals surface area contributed by atoms with E-state index in [9.17, 15) is 9.59 Å². The number of carbonyl (C=O) groups is 2. The van der Waals surface area contributed by atoms with E-state index in [0.717, 1.165) is 26.2 Å². The second-order valence-electron chi connectivity index (χ2n) is 6.87. The molecule has 1 saturated heterocycles. The Balaban J connectivity index is 1.61. The summed E-state index contributed by atoms with van der Waals surface area (Å²) in [5, 5.41) is 7.80. The van der Waals surface area contributed by atoms with Crippen molar-refractivity contribution in [3.8, 4) is 0 Å². The lowest BCUT2D eigenvalue weighted by atomic mass is 10.0. The number of allylic oxidation sites excluding steroid dienone is 1. The lowest BCUT2D eigenvalue weighted by Crippen LogP contribution is -2.29. The number of imide groups is 1. The van der Waals surface area contributed by atoms with E-state index in [-0.39, 0.29) is 36.6 Å². The average molecular weight is 450 g/mol. The molecule has 2 aliphatic rings. The largest absolute Gasteiger partial charge is 0.324 e. The Morgan fingerprint density at radius 1 is 0.966 bits per heavy atom. The van der Waals surface area contributed by atoms with Crippen molar-refractivity contribution in [2.75, 3.05) is 10.2 Å². The Hall–Kier alpha value is -3.26. The van der Waals surface area contributed by atoms with E-state index < -0.39 is 0 Å². The Morgan fingerprint density at radius 3 is 2.34 bits per heavy atom. The molecular formula is C21H16BrN5O2. The lowest BCUT2D eigenvalue weighted by Gasteiger charge is -2.24. The van der Waals surface area contributed by atoms with Gasteiger partial charge >= 0.3 is 0 Å². The second-order valence-corrected chi connectivity index (χ2v) is 7.79. The van der Waals surface area contributed by atoms with Crippen LogP contribution in [0.5, 0.6) is 0 Å². The molecule has 0 unspecified atom stereocenters. The van der Waals surface area contributed by atoms with E-state index in [4.69, 9.17) is 0 Å². The highest BCUT2D eigenvalue weighted by Crippen LogP contribution is 2.34. The molecule has 0 aliphatic carbocycles. The molecule has 0 radical (unpaired) electrons. The number of amides is 2. The van der Waals surface area contributed by atoms with Crippen molar-refractivity contribution in [3.63, 3.8) is 0 Å². The van der Waals surface area contributed by atoms with Crippen LogP contribution in [-0.2, 0) is 9.59 Å². The monoisotopic (exact) mass is 449 g/mol. The molecule has 0 spiro atoms. The predicted molar refractivity (Wildman–Crippen MR) is 112 cm³/mol. The van der Waals surface area contributed by atoms with Crippen LogP contribution in [0.3, 0.4) is 0 Å². The molecule has 29 heavy (non-hydrogen) atoms. The number of anilines is 2. The highest BCUT2D eigenvalue weighted by molar-refractivity contribution is 9.10. The van der Waals surface area contributed by atoms with Crippen LogP contribution in [0.4, 0.5) is 11.9 Å². The first-order valence-electron chi connectivity index (χ1n) is 9.22. The van der Waals surface area contributed by atoms with Gasteiger partial charge in [0.25, 0.3) is 5.95 Å². The Kier molecular flexibility index (Phi) is 4.28. The van der Waals surface area contributed by atoms with Crippen LogP contribution in [0.15, 0.2) is 65.1 Å². The normalized spacial score (nSPS) is 18.4. The molecule has 2 aromatic carbocycles. The van der Waals surface area contributed by atoms with Gasteiger partial charge < -0.3 is 5.32 Å². The van der Waals surface area contributed by atoms with Crippen molar-refractivity contribution in [1.82, 2.24) is 14.8 Å². The number of rotatable bonds is 3. The number of nitrogens with one attached hydrogen (secondary N) is 1. The maximum absolute atomic E-state index is 12.1. The fraction of sp³-hybridized carbons (Fsp3) is 0.143. The molecule has 1 aromatic heterocycles. The maximum Gasteiger partial charge on any atom is 0.260 e. The Morgan fingerprint density at radius 2 is 1.66 bits per heavy atom.